The van der Waals surface area contributed by atoms with Crippen LogP contribution in [0.25, 0.3) is 0 Å². The maximum absolute atomic E-state index is 6.17. The molecule has 22 heavy (non-hydrogen) atoms. The van der Waals surface area contributed by atoms with Gasteiger partial charge in [-0.1, -0.05) is 30.3 Å². The van der Waals surface area contributed by atoms with Gasteiger partial charge in [0.2, 0.25) is 0 Å². The lowest BCUT2D eigenvalue weighted by atomic mass is 10.0. The Morgan fingerprint density at radius 1 is 1.00 bits per heavy atom. The molecule has 0 amide bonds. The number of hydrogen-bond acceptors (Lipinski definition) is 3. The molecule has 3 atom stereocenters. The molecule has 0 radical (unpaired) electrons. The minimum absolute atomic E-state index is 0.479. The lowest BCUT2D eigenvalue weighted by Crippen LogP contribution is -2.38. The summed E-state index contributed by atoms with van der Waals surface area (Å²) in [5.74, 6) is 1.73. The Morgan fingerprint density at radius 3 is 2.36 bits per heavy atom. The van der Waals surface area contributed by atoms with Crippen molar-refractivity contribution in [3.8, 4) is 0 Å². The minimum atomic E-state index is 0.479. The van der Waals surface area contributed by atoms with Crippen molar-refractivity contribution in [2.75, 3.05) is 26.3 Å². The van der Waals surface area contributed by atoms with Crippen molar-refractivity contribution in [3.05, 3.63) is 35.9 Å². The van der Waals surface area contributed by atoms with Crippen molar-refractivity contribution in [2.24, 2.45) is 11.8 Å². The highest BCUT2D eigenvalue weighted by atomic mass is 16.5. The second kappa shape index (κ2) is 6.69. The third kappa shape index (κ3) is 3.22. The summed E-state index contributed by atoms with van der Waals surface area (Å²) in [4.78, 5) is 2.74. The Labute approximate surface area is 133 Å². The Kier molecular flexibility index (Phi) is 4.47. The monoisotopic (exact) mass is 301 g/mol. The second-order valence-electron chi connectivity index (χ2n) is 7.21. The molecule has 3 nitrogen and oxygen atoms in total. The van der Waals surface area contributed by atoms with Gasteiger partial charge in [0.05, 0.1) is 12.7 Å². The van der Waals surface area contributed by atoms with Gasteiger partial charge in [0, 0.05) is 32.3 Å². The zero-order chi connectivity index (χ0) is 14.8. The summed E-state index contributed by atoms with van der Waals surface area (Å²) in [7, 11) is 0. The molecule has 1 aromatic rings. The molecule has 0 aromatic heterocycles. The second-order valence-corrected chi connectivity index (χ2v) is 7.21. The summed E-state index contributed by atoms with van der Waals surface area (Å²) in [6, 6.07) is 11.3. The molecule has 3 heteroatoms. The molecule has 2 aliphatic heterocycles. The van der Waals surface area contributed by atoms with Crippen molar-refractivity contribution >= 4 is 0 Å². The highest BCUT2D eigenvalue weighted by Gasteiger charge is 2.43. The number of hydrogen-bond donors (Lipinski definition) is 0. The van der Waals surface area contributed by atoms with Gasteiger partial charge in [-0.3, -0.25) is 4.90 Å². The maximum Gasteiger partial charge on any atom is 0.0720 e. The average Bonchev–Trinajstić information content (AvgIpc) is 3.13. The highest BCUT2D eigenvalue weighted by Crippen LogP contribution is 2.41. The molecule has 4 rings (SSSR count). The van der Waals surface area contributed by atoms with Crippen LogP contribution in [0.2, 0.25) is 0 Å². The third-order valence-corrected chi connectivity index (χ3v) is 5.77. The van der Waals surface area contributed by atoms with Crippen LogP contribution < -0.4 is 0 Å². The van der Waals surface area contributed by atoms with Crippen LogP contribution in [0.15, 0.2) is 30.3 Å². The van der Waals surface area contributed by atoms with E-state index in [1.165, 1.54) is 44.3 Å². The van der Waals surface area contributed by atoms with Gasteiger partial charge in [0.15, 0.2) is 0 Å². The summed E-state index contributed by atoms with van der Waals surface area (Å²) < 4.78 is 11.7. The Hall–Kier alpha value is -0.900. The van der Waals surface area contributed by atoms with Crippen LogP contribution in [0.3, 0.4) is 0 Å². The van der Waals surface area contributed by atoms with E-state index in [0.717, 1.165) is 37.7 Å². The van der Waals surface area contributed by atoms with Gasteiger partial charge in [-0.25, -0.2) is 0 Å². The summed E-state index contributed by atoms with van der Waals surface area (Å²) >= 11 is 0. The fraction of sp³-hybridized carbons (Fsp3) is 0.684. The third-order valence-electron chi connectivity index (χ3n) is 5.77. The average molecular weight is 301 g/mol. The molecule has 0 spiro atoms. The fourth-order valence-electron chi connectivity index (χ4n) is 4.55. The number of fused-ring (bicyclic) bond motifs is 1. The predicted octanol–water partition coefficient (Wildman–Crippen LogP) is 3.09. The summed E-state index contributed by atoms with van der Waals surface area (Å²) in [5.41, 5.74) is 1.29. The van der Waals surface area contributed by atoms with Crippen molar-refractivity contribution in [1.82, 2.24) is 4.90 Å². The molecule has 3 fully saturated rings. The topological polar surface area (TPSA) is 21.7 Å². The van der Waals surface area contributed by atoms with Crippen LogP contribution in [-0.2, 0) is 16.1 Å². The largest absolute Gasteiger partial charge is 0.381 e. The smallest absolute Gasteiger partial charge is 0.0720 e. The van der Waals surface area contributed by atoms with Crippen LogP contribution in [0.1, 0.15) is 31.2 Å². The van der Waals surface area contributed by atoms with Gasteiger partial charge in [-0.15, -0.1) is 0 Å². The lowest BCUT2D eigenvalue weighted by Gasteiger charge is -2.31. The molecule has 2 heterocycles. The first-order valence-electron chi connectivity index (χ1n) is 8.86. The molecule has 1 saturated carbocycles. The zero-order valence-electron chi connectivity index (χ0n) is 13.3. The molecule has 1 aromatic carbocycles. The van der Waals surface area contributed by atoms with Gasteiger partial charge >= 0.3 is 0 Å². The van der Waals surface area contributed by atoms with Crippen molar-refractivity contribution in [3.63, 3.8) is 0 Å². The fourth-order valence-corrected chi connectivity index (χ4v) is 4.55. The van der Waals surface area contributed by atoms with Gasteiger partial charge in [0.1, 0.15) is 0 Å². The Balaban J connectivity index is 1.25. The van der Waals surface area contributed by atoms with E-state index in [1.54, 1.807) is 0 Å². The van der Waals surface area contributed by atoms with Crippen LogP contribution >= 0.6 is 0 Å². The first kappa shape index (κ1) is 14.7. The molecule has 1 aliphatic carbocycles. The first-order chi connectivity index (χ1) is 10.9. The number of nitrogens with zero attached hydrogens (tertiary/aromatic N) is 1. The van der Waals surface area contributed by atoms with E-state index in [9.17, 15) is 0 Å². The molecule has 3 aliphatic rings. The number of benzene rings is 1. The summed E-state index contributed by atoms with van der Waals surface area (Å²) in [6.45, 7) is 5.27. The van der Waals surface area contributed by atoms with E-state index in [0.29, 0.717) is 6.10 Å². The molecule has 120 valence electrons. The van der Waals surface area contributed by atoms with Crippen LogP contribution in [-0.4, -0.2) is 43.3 Å². The van der Waals surface area contributed by atoms with E-state index < -0.39 is 0 Å². The molecular weight excluding hydrogens is 274 g/mol. The van der Waals surface area contributed by atoms with E-state index in [1.807, 2.05) is 0 Å². The van der Waals surface area contributed by atoms with Crippen LogP contribution in [0.4, 0.5) is 0 Å². The Morgan fingerprint density at radius 2 is 1.68 bits per heavy atom. The maximum atomic E-state index is 6.17. The number of ether oxygens (including phenoxy) is 2. The lowest BCUT2D eigenvalue weighted by molar-refractivity contribution is 0.0235. The van der Waals surface area contributed by atoms with Crippen LogP contribution in [0, 0.1) is 11.8 Å². The van der Waals surface area contributed by atoms with E-state index >= 15 is 0 Å². The molecule has 1 unspecified atom stereocenters. The van der Waals surface area contributed by atoms with E-state index in [2.05, 4.69) is 35.2 Å². The minimum Gasteiger partial charge on any atom is -0.381 e. The number of rotatable bonds is 4. The van der Waals surface area contributed by atoms with Gasteiger partial charge in [-0.2, -0.15) is 0 Å². The normalized spacial score (nSPS) is 33.2. The quantitative estimate of drug-likeness (QED) is 0.853. The van der Waals surface area contributed by atoms with Crippen molar-refractivity contribution in [2.45, 2.75) is 44.4 Å². The van der Waals surface area contributed by atoms with Crippen molar-refractivity contribution < 1.29 is 9.47 Å². The molecule has 0 bridgehead atoms. The van der Waals surface area contributed by atoms with Gasteiger partial charge in [0.25, 0.3) is 0 Å². The van der Waals surface area contributed by atoms with E-state index in [4.69, 9.17) is 9.47 Å². The molecule has 2 saturated heterocycles. The van der Waals surface area contributed by atoms with Gasteiger partial charge in [-0.05, 0) is 43.1 Å². The van der Waals surface area contributed by atoms with Crippen LogP contribution in [0.5, 0.6) is 0 Å². The zero-order valence-corrected chi connectivity index (χ0v) is 13.3. The van der Waals surface area contributed by atoms with Gasteiger partial charge < -0.3 is 9.47 Å². The SMILES string of the molecule is c1ccc(COC2C[C@@H]3CN(C4CCOCC4)C[C@@H]3C2)cc1. The Bertz CT molecular complexity index is 458. The standard InChI is InChI=1S/C19H27NO2/c1-2-4-15(5-3-1)14-22-19-10-16-12-20(13-17(16)11-19)18-6-8-21-9-7-18/h1-5,16-19H,6-14H2/t16-,17+,19?. The predicted molar refractivity (Wildman–Crippen MR) is 86.6 cm³/mol. The summed E-state index contributed by atoms with van der Waals surface area (Å²) in [6.07, 6.45) is 5.46. The molecular formula is C19H27NO2. The first-order valence-corrected chi connectivity index (χ1v) is 8.86. The number of likely N-dealkylation sites (tertiary alicyclic amines) is 1. The highest BCUT2D eigenvalue weighted by molar-refractivity contribution is 5.13. The summed E-state index contributed by atoms with van der Waals surface area (Å²) in [5, 5.41) is 0. The van der Waals surface area contributed by atoms with Crippen molar-refractivity contribution in [1.29, 1.82) is 0 Å². The molecule has 0 N–H and O–H groups in total. The van der Waals surface area contributed by atoms with E-state index in [-0.39, 0.29) is 0 Å².